The lowest BCUT2D eigenvalue weighted by molar-refractivity contribution is -0.141. The number of carboxylic acid groups (broad SMARTS) is 1. The molecule has 0 aliphatic rings. The highest BCUT2D eigenvalue weighted by Crippen LogP contribution is 2.05. The fraction of sp³-hybridized carbons (Fsp3) is 0.700. The quantitative estimate of drug-likeness (QED) is 0.583. The predicted octanol–water partition coefficient (Wildman–Crippen LogP) is -0.170. The number of nitrogens with one attached hydrogen (secondary N) is 2. The molecular formula is C10H17FN2O4. The average molecular weight is 248 g/mol. The topological polar surface area (TPSA) is 95.5 Å². The normalized spacial score (nSPS) is 13.6. The van der Waals surface area contributed by atoms with Gasteiger partial charge in [-0.15, -0.1) is 0 Å². The Morgan fingerprint density at radius 2 is 1.76 bits per heavy atom. The van der Waals surface area contributed by atoms with Gasteiger partial charge in [0.25, 0.3) is 0 Å². The number of aliphatic carboxylic acids is 1. The first-order valence-electron chi connectivity index (χ1n) is 5.21. The number of carbonyl (C=O) groups excluding carboxylic acids is 2. The molecule has 0 fully saturated rings. The molecule has 0 saturated heterocycles. The highest BCUT2D eigenvalue weighted by Gasteiger charge is 2.20. The van der Waals surface area contributed by atoms with Crippen molar-refractivity contribution in [2.75, 3.05) is 6.54 Å². The van der Waals surface area contributed by atoms with Crippen molar-refractivity contribution in [1.82, 2.24) is 10.6 Å². The fourth-order valence-electron chi connectivity index (χ4n) is 1.21. The maximum atomic E-state index is 13.2. The number of hydrogen-bond acceptors (Lipinski definition) is 3. The van der Waals surface area contributed by atoms with Gasteiger partial charge in [-0.25, -0.2) is 9.18 Å². The van der Waals surface area contributed by atoms with Gasteiger partial charge in [0.05, 0.1) is 0 Å². The third-order valence-corrected chi connectivity index (χ3v) is 2.02. The van der Waals surface area contributed by atoms with Gasteiger partial charge in [-0.2, -0.15) is 0 Å². The van der Waals surface area contributed by atoms with E-state index in [1.807, 2.05) is 0 Å². The number of alkyl halides is 1. The van der Waals surface area contributed by atoms with Crippen molar-refractivity contribution in [1.29, 1.82) is 0 Å². The van der Waals surface area contributed by atoms with Crippen LogP contribution in [-0.2, 0) is 14.4 Å². The van der Waals surface area contributed by atoms with Crippen molar-refractivity contribution in [3.8, 4) is 0 Å². The maximum Gasteiger partial charge on any atom is 0.326 e. The Hall–Kier alpha value is -1.66. The molecule has 0 heterocycles. The molecule has 3 N–H and O–H groups in total. The van der Waals surface area contributed by atoms with E-state index in [4.69, 9.17) is 5.11 Å². The van der Waals surface area contributed by atoms with Gasteiger partial charge in [-0.05, 0) is 12.8 Å². The van der Waals surface area contributed by atoms with E-state index in [0.29, 0.717) is 0 Å². The van der Waals surface area contributed by atoms with Crippen molar-refractivity contribution in [2.45, 2.75) is 38.9 Å². The van der Waals surface area contributed by atoms with Crippen LogP contribution in [0.2, 0.25) is 0 Å². The van der Waals surface area contributed by atoms with Gasteiger partial charge in [0.15, 0.2) is 0 Å². The highest BCUT2D eigenvalue weighted by atomic mass is 19.1. The van der Waals surface area contributed by atoms with Gasteiger partial charge >= 0.3 is 5.97 Å². The zero-order valence-electron chi connectivity index (χ0n) is 9.83. The van der Waals surface area contributed by atoms with E-state index < -0.39 is 24.1 Å². The van der Waals surface area contributed by atoms with Crippen LogP contribution in [0.5, 0.6) is 0 Å². The minimum absolute atomic E-state index is 0.0182. The molecule has 2 atom stereocenters. The maximum absolute atomic E-state index is 13.2. The van der Waals surface area contributed by atoms with Crippen molar-refractivity contribution in [3.05, 3.63) is 0 Å². The Morgan fingerprint density at radius 1 is 1.18 bits per heavy atom. The molecule has 17 heavy (non-hydrogen) atoms. The first-order valence-corrected chi connectivity index (χ1v) is 5.21. The minimum atomic E-state index is -1.32. The average Bonchev–Trinajstić information content (AvgIpc) is 2.20. The lowest BCUT2D eigenvalue weighted by atomic mass is 10.1. The molecule has 0 aliphatic heterocycles. The molecule has 0 spiro atoms. The van der Waals surface area contributed by atoms with Crippen molar-refractivity contribution >= 4 is 17.8 Å². The zero-order chi connectivity index (χ0) is 13.4. The van der Waals surface area contributed by atoms with E-state index in [1.54, 1.807) is 0 Å². The summed E-state index contributed by atoms with van der Waals surface area (Å²) in [4.78, 5) is 31.9. The van der Waals surface area contributed by atoms with Crippen LogP contribution in [0, 0.1) is 0 Å². The Kier molecular flexibility index (Phi) is 6.85. The zero-order valence-corrected chi connectivity index (χ0v) is 9.83. The Bertz CT molecular complexity index is 296. The number of halogens is 1. The predicted molar refractivity (Wildman–Crippen MR) is 58.1 cm³/mol. The molecule has 1 unspecified atom stereocenters. The van der Waals surface area contributed by atoms with Gasteiger partial charge in [0.1, 0.15) is 12.2 Å². The molecule has 0 aromatic rings. The molecule has 0 radical (unpaired) electrons. The highest BCUT2D eigenvalue weighted by molar-refractivity contribution is 5.81. The van der Waals surface area contributed by atoms with E-state index in [2.05, 4.69) is 10.6 Å². The van der Waals surface area contributed by atoms with E-state index in [-0.39, 0.29) is 25.3 Å². The third-order valence-electron chi connectivity index (χ3n) is 2.02. The van der Waals surface area contributed by atoms with Crippen molar-refractivity contribution < 1.29 is 23.9 Å². The number of amides is 2. The SMILES string of the molecule is CC(=O)NCC(F)CC[C@@H](NC(C)=O)C(=O)O. The van der Waals surface area contributed by atoms with Crippen LogP contribution in [0.4, 0.5) is 4.39 Å². The first-order chi connectivity index (χ1) is 7.82. The molecule has 0 rings (SSSR count). The van der Waals surface area contributed by atoms with Crippen LogP contribution >= 0.6 is 0 Å². The minimum Gasteiger partial charge on any atom is -0.480 e. The third kappa shape index (κ3) is 8.18. The van der Waals surface area contributed by atoms with Crippen molar-refractivity contribution in [3.63, 3.8) is 0 Å². The second kappa shape index (κ2) is 7.59. The monoisotopic (exact) mass is 248 g/mol. The van der Waals surface area contributed by atoms with Crippen LogP contribution in [0.15, 0.2) is 0 Å². The van der Waals surface area contributed by atoms with Gasteiger partial charge < -0.3 is 15.7 Å². The number of hydrogen-bond donors (Lipinski definition) is 3. The van der Waals surface area contributed by atoms with Crippen LogP contribution in [0.25, 0.3) is 0 Å². The summed E-state index contributed by atoms with van der Waals surface area (Å²) in [5, 5.41) is 13.2. The Labute approximate surface area is 98.6 Å². The lowest BCUT2D eigenvalue weighted by Crippen LogP contribution is -2.40. The summed E-state index contributed by atoms with van der Waals surface area (Å²) in [6.07, 6.45) is -1.39. The second-order valence-corrected chi connectivity index (χ2v) is 3.70. The largest absolute Gasteiger partial charge is 0.480 e. The summed E-state index contributed by atoms with van der Waals surface area (Å²) >= 11 is 0. The summed E-state index contributed by atoms with van der Waals surface area (Å²) in [5.74, 6) is -2.02. The van der Waals surface area contributed by atoms with E-state index in [1.165, 1.54) is 13.8 Å². The number of rotatable bonds is 7. The molecule has 0 saturated carbocycles. The second-order valence-electron chi connectivity index (χ2n) is 3.70. The summed E-state index contributed by atoms with van der Waals surface area (Å²) in [6.45, 7) is 2.31. The smallest absolute Gasteiger partial charge is 0.326 e. The molecule has 0 aromatic heterocycles. The van der Waals surface area contributed by atoms with Gasteiger partial charge in [-0.1, -0.05) is 0 Å². The summed E-state index contributed by atoms with van der Waals surface area (Å²) in [7, 11) is 0. The summed E-state index contributed by atoms with van der Waals surface area (Å²) in [6, 6.07) is -1.09. The van der Waals surface area contributed by atoms with Gasteiger partial charge in [0, 0.05) is 20.4 Å². The molecule has 98 valence electrons. The van der Waals surface area contributed by atoms with Gasteiger partial charge in [0.2, 0.25) is 11.8 Å². The molecule has 6 nitrogen and oxygen atoms in total. The number of carbonyl (C=O) groups is 3. The number of carboxylic acids is 1. The lowest BCUT2D eigenvalue weighted by Gasteiger charge is -2.14. The van der Waals surface area contributed by atoms with Crippen molar-refractivity contribution in [2.24, 2.45) is 0 Å². The fourth-order valence-corrected chi connectivity index (χ4v) is 1.21. The Morgan fingerprint density at radius 3 is 2.18 bits per heavy atom. The summed E-state index contributed by atoms with van der Waals surface area (Å²) in [5.41, 5.74) is 0. The molecule has 0 aromatic carbocycles. The van der Waals surface area contributed by atoms with E-state index in [0.717, 1.165) is 0 Å². The van der Waals surface area contributed by atoms with Crippen LogP contribution in [-0.4, -0.2) is 41.6 Å². The first kappa shape index (κ1) is 15.3. The van der Waals surface area contributed by atoms with Crippen LogP contribution in [0.3, 0.4) is 0 Å². The summed E-state index contributed by atoms with van der Waals surface area (Å²) < 4.78 is 13.2. The van der Waals surface area contributed by atoms with Crippen LogP contribution in [0.1, 0.15) is 26.7 Å². The Balaban J connectivity index is 3.99. The molecule has 2 amide bonds. The molecule has 7 heteroatoms. The standard InChI is InChI=1S/C10H17FN2O4/c1-6(14)12-5-8(11)3-4-9(10(16)17)13-7(2)15/h8-9H,3-5H2,1-2H3,(H,12,14)(H,13,15)(H,16,17)/t8?,9-/m1/s1. The van der Waals surface area contributed by atoms with Crippen LogP contribution < -0.4 is 10.6 Å². The molecular weight excluding hydrogens is 231 g/mol. The molecule has 0 aliphatic carbocycles. The van der Waals surface area contributed by atoms with E-state index >= 15 is 0 Å². The molecule has 0 bridgehead atoms. The van der Waals surface area contributed by atoms with Gasteiger partial charge in [-0.3, -0.25) is 9.59 Å². The van der Waals surface area contributed by atoms with E-state index in [9.17, 15) is 18.8 Å².